The van der Waals surface area contributed by atoms with Crippen LogP contribution in [0.5, 0.6) is 0 Å². The lowest BCUT2D eigenvalue weighted by Crippen LogP contribution is -2.24. The van der Waals surface area contributed by atoms with Crippen LogP contribution in [0.2, 0.25) is 0 Å². The molecule has 2 nitrogen and oxygen atoms in total. The van der Waals surface area contributed by atoms with Crippen LogP contribution >= 0.6 is 0 Å². The number of nitrogens with zero attached hydrogens (tertiary/aromatic N) is 1. The van der Waals surface area contributed by atoms with Gasteiger partial charge in [-0.15, -0.1) is 0 Å². The van der Waals surface area contributed by atoms with Crippen molar-refractivity contribution >= 4 is 5.69 Å². The molecule has 1 rings (SSSR count). The number of anilines is 1. The van der Waals surface area contributed by atoms with Crippen LogP contribution in [-0.4, -0.2) is 20.6 Å². The van der Waals surface area contributed by atoms with Crippen molar-refractivity contribution in [2.24, 2.45) is 5.92 Å². The summed E-state index contributed by atoms with van der Waals surface area (Å²) < 4.78 is 0. The van der Waals surface area contributed by atoms with Crippen LogP contribution in [0.15, 0.2) is 24.3 Å². The van der Waals surface area contributed by atoms with Gasteiger partial charge in [-0.2, -0.15) is 0 Å². The Bertz CT molecular complexity index is 352. The van der Waals surface area contributed by atoms with Crippen molar-refractivity contribution in [2.75, 3.05) is 25.5 Å². The summed E-state index contributed by atoms with van der Waals surface area (Å²) in [5.74, 6) is 0.817. The second-order valence-corrected chi connectivity index (χ2v) is 5.91. The molecule has 1 aromatic rings. The Kier molecular flexibility index (Phi) is 7.68. The van der Waals surface area contributed by atoms with Crippen LogP contribution in [0.25, 0.3) is 0 Å². The van der Waals surface area contributed by atoms with E-state index in [1.54, 1.807) is 0 Å². The van der Waals surface area contributed by atoms with Crippen molar-refractivity contribution in [1.82, 2.24) is 5.32 Å². The van der Waals surface area contributed by atoms with E-state index < -0.39 is 0 Å². The highest BCUT2D eigenvalue weighted by molar-refractivity contribution is 5.46. The largest absolute Gasteiger partial charge is 0.378 e. The normalized spacial score (nSPS) is 12.7. The SMILES string of the molecule is CCCNC(CC(CC)CC)c1ccc(N(C)C)cc1. The molecule has 114 valence electrons. The smallest absolute Gasteiger partial charge is 0.0361 e. The fourth-order valence-corrected chi connectivity index (χ4v) is 2.62. The highest BCUT2D eigenvalue weighted by Gasteiger charge is 2.15. The molecule has 0 fully saturated rings. The van der Waals surface area contributed by atoms with Gasteiger partial charge < -0.3 is 10.2 Å². The quantitative estimate of drug-likeness (QED) is 0.708. The van der Waals surface area contributed by atoms with Crippen molar-refractivity contribution in [2.45, 2.75) is 52.5 Å². The van der Waals surface area contributed by atoms with E-state index in [-0.39, 0.29) is 0 Å². The average molecular weight is 276 g/mol. The minimum atomic E-state index is 0.496. The maximum absolute atomic E-state index is 3.72. The van der Waals surface area contributed by atoms with E-state index in [2.05, 4.69) is 69.3 Å². The molecule has 0 aliphatic carbocycles. The number of rotatable bonds is 9. The Morgan fingerprint density at radius 1 is 1.00 bits per heavy atom. The van der Waals surface area contributed by atoms with Crippen LogP contribution in [0.3, 0.4) is 0 Å². The Balaban J connectivity index is 2.80. The standard InChI is InChI=1S/C18H32N2/c1-6-13-19-18(14-15(7-2)8-3)16-9-11-17(12-10-16)20(4)5/h9-12,15,18-19H,6-8,13-14H2,1-5H3. The van der Waals surface area contributed by atoms with Gasteiger partial charge >= 0.3 is 0 Å². The van der Waals surface area contributed by atoms with Gasteiger partial charge in [-0.3, -0.25) is 0 Å². The second-order valence-electron chi connectivity index (χ2n) is 5.91. The Morgan fingerprint density at radius 2 is 1.60 bits per heavy atom. The van der Waals surface area contributed by atoms with Gasteiger partial charge in [0.2, 0.25) is 0 Å². The van der Waals surface area contributed by atoms with Crippen molar-refractivity contribution in [3.63, 3.8) is 0 Å². The van der Waals surface area contributed by atoms with Gasteiger partial charge in [-0.05, 0) is 43.0 Å². The van der Waals surface area contributed by atoms with Crippen LogP contribution < -0.4 is 10.2 Å². The van der Waals surface area contributed by atoms with E-state index in [1.165, 1.54) is 36.9 Å². The summed E-state index contributed by atoms with van der Waals surface area (Å²) in [5.41, 5.74) is 2.70. The lowest BCUT2D eigenvalue weighted by Gasteiger charge is -2.24. The molecule has 0 aromatic heterocycles. The first-order valence-electron chi connectivity index (χ1n) is 8.12. The molecule has 0 heterocycles. The summed E-state index contributed by atoms with van der Waals surface area (Å²) >= 11 is 0. The summed E-state index contributed by atoms with van der Waals surface area (Å²) in [6, 6.07) is 9.51. The van der Waals surface area contributed by atoms with E-state index in [1.807, 2.05) is 0 Å². The van der Waals surface area contributed by atoms with Gasteiger partial charge in [0.15, 0.2) is 0 Å². The van der Waals surface area contributed by atoms with Gasteiger partial charge in [0.1, 0.15) is 0 Å². The van der Waals surface area contributed by atoms with Crippen LogP contribution in [0.1, 0.15) is 58.1 Å². The molecule has 1 aromatic carbocycles. The summed E-state index contributed by atoms with van der Waals surface area (Å²) in [4.78, 5) is 2.15. The highest BCUT2D eigenvalue weighted by Crippen LogP contribution is 2.26. The van der Waals surface area contributed by atoms with Crippen LogP contribution in [0, 0.1) is 5.92 Å². The van der Waals surface area contributed by atoms with E-state index in [0.717, 1.165) is 12.5 Å². The molecule has 0 bridgehead atoms. The van der Waals surface area contributed by atoms with Gasteiger partial charge in [0, 0.05) is 25.8 Å². The van der Waals surface area contributed by atoms with E-state index >= 15 is 0 Å². The molecule has 0 amide bonds. The third kappa shape index (κ3) is 5.16. The van der Waals surface area contributed by atoms with Gasteiger partial charge in [-0.25, -0.2) is 0 Å². The number of hydrogen-bond acceptors (Lipinski definition) is 2. The first-order chi connectivity index (χ1) is 9.62. The molecule has 20 heavy (non-hydrogen) atoms. The molecule has 0 spiro atoms. The summed E-state index contributed by atoms with van der Waals surface area (Å²) in [6.07, 6.45) is 4.98. The van der Waals surface area contributed by atoms with Crippen molar-refractivity contribution in [1.29, 1.82) is 0 Å². The lowest BCUT2D eigenvalue weighted by atomic mass is 9.91. The van der Waals surface area contributed by atoms with Crippen molar-refractivity contribution in [3.05, 3.63) is 29.8 Å². The van der Waals surface area contributed by atoms with Crippen molar-refractivity contribution < 1.29 is 0 Å². The predicted molar refractivity (Wildman–Crippen MR) is 90.5 cm³/mol. The number of benzene rings is 1. The molecule has 1 unspecified atom stereocenters. The lowest BCUT2D eigenvalue weighted by molar-refractivity contribution is 0.371. The predicted octanol–water partition coefficient (Wildman–Crippen LogP) is 4.62. The number of hydrogen-bond donors (Lipinski definition) is 1. The zero-order valence-electron chi connectivity index (χ0n) is 13.9. The molecule has 0 aliphatic heterocycles. The summed E-state index contributed by atoms with van der Waals surface area (Å²) in [5, 5.41) is 3.72. The molecule has 1 atom stereocenters. The minimum Gasteiger partial charge on any atom is -0.378 e. The first kappa shape index (κ1) is 17.0. The fraction of sp³-hybridized carbons (Fsp3) is 0.667. The molecular formula is C18H32N2. The van der Waals surface area contributed by atoms with Gasteiger partial charge in [-0.1, -0.05) is 45.7 Å². The number of nitrogens with one attached hydrogen (secondary N) is 1. The van der Waals surface area contributed by atoms with Crippen molar-refractivity contribution in [3.8, 4) is 0 Å². The zero-order chi connectivity index (χ0) is 15.0. The first-order valence-corrected chi connectivity index (χ1v) is 8.12. The van der Waals surface area contributed by atoms with Crippen LogP contribution in [-0.2, 0) is 0 Å². The summed E-state index contributed by atoms with van der Waals surface area (Å²) in [7, 11) is 4.18. The molecule has 0 saturated heterocycles. The fourth-order valence-electron chi connectivity index (χ4n) is 2.62. The maximum Gasteiger partial charge on any atom is 0.0361 e. The minimum absolute atomic E-state index is 0.496. The highest BCUT2D eigenvalue weighted by atomic mass is 15.1. The monoisotopic (exact) mass is 276 g/mol. The third-order valence-electron chi connectivity index (χ3n) is 4.18. The molecule has 0 aliphatic rings. The molecule has 2 heteroatoms. The topological polar surface area (TPSA) is 15.3 Å². The Labute approximate surface area is 125 Å². The van der Waals surface area contributed by atoms with Gasteiger partial charge in [0.05, 0.1) is 0 Å². The Hall–Kier alpha value is -1.02. The van der Waals surface area contributed by atoms with E-state index in [0.29, 0.717) is 6.04 Å². The van der Waals surface area contributed by atoms with E-state index in [4.69, 9.17) is 0 Å². The third-order valence-corrected chi connectivity index (χ3v) is 4.18. The Morgan fingerprint density at radius 3 is 2.05 bits per heavy atom. The molecular weight excluding hydrogens is 244 g/mol. The van der Waals surface area contributed by atoms with E-state index in [9.17, 15) is 0 Å². The average Bonchev–Trinajstić information content (AvgIpc) is 2.48. The maximum atomic E-state index is 3.72. The summed E-state index contributed by atoms with van der Waals surface area (Å²) in [6.45, 7) is 7.94. The second kappa shape index (κ2) is 9.02. The molecule has 1 N–H and O–H groups in total. The molecule has 0 saturated carbocycles. The van der Waals surface area contributed by atoms with Gasteiger partial charge in [0.25, 0.3) is 0 Å². The van der Waals surface area contributed by atoms with Crippen LogP contribution in [0.4, 0.5) is 5.69 Å². The zero-order valence-corrected chi connectivity index (χ0v) is 13.9. The molecule has 0 radical (unpaired) electrons.